The van der Waals surface area contributed by atoms with Crippen LogP contribution in [0.25, 0.3) is 11.0 Å². The lowest BCUT2D eigenvalue weighted by Gasteiger charge is -2.16. The number of halogens is 1. The Bertz CT molecular complexity index is 993. The molecular formula is C22H28ClN3O2. The molecule has 3 aromatic rings. The summed E-state index contributed by atoms with van der Waals surface area (Å²) in [6.07, 6.45) is 2.12. The number of ether oxygens (including phenoxy) is 2. The fraction of sp³-hybridized carbons (Fsp3) is 0.455. The molecule has 0 atom stereocenters. The molecule has 2 aromatic heterocycles. The van der Waals surface area contributed by atoms with Crippen LogP contribution in [0, 0.1) is 13.8 Å². The van der Waals surface area contributed by atoms with Gasteiger partial charge in [-0.05, 0) is 51.2 Å². The van der Waals surface area contributed by atoms with Crippen LogP contribution >= 0.6 is 11.6 Å². The Morgan fingerprint density at radius 2 is 1.82 bits per heavy atom. The van der Waals surface area contributed by atoms with Crippen LogP contribution in [0.5, 0.6) is 17.5 Å². The van der Waals surface area contributed by atoms with Crippen LogP contribution < -0.4 is 9.47 Å². The van der Waals surface area contributed by atoms with Crippen molar-refractivity contribution in [2.45, 2.75) is 53.4 Å². The lowest BCUT2D eigenvalue weighted by atomic mass is 9.93. The molecular weight excluding hydrogens is 374 g/mol. The van der Waals surface area contributed by atoms with Crippen LogP contribution in [0.3, 0.4) is 0 Å². The fourth-order valence-corrected chi connectivity index (χ4v) is 3.90. The Balaban J connectivity index is 2.15. The van der Waals surface area contributed by atoms with Crippen LogP contribution in [-0.4, -0.2) is 21.1 Å². The number of aromatic nitrogens is 3. The summed E-state index contributed by atoms with van der Waals surface area (Å²) >= 11 is 6.47. The highest BCUT2D eigenvalue weighted by molar-refractivity contribution is 6.35. The number of hydrogen-bond donors (Lipinski definition) is 0. The molecule has 0 saturated carbocycles. The lowest BCUT2D eigenvalue weighted by molar-refractivity contribution is 0.313. The maximum Gasteiger partial charge on any atom is 0.302 e. The molecule has 0 saturated heterocycles. The zero-order valence-electron chi connectivity index (χ0n) is 17.5. The van der Waals surface area contributed by atoms with E-state index in [9.17, 15) is 0 Å². The van der Waals surface area contributed by atoms with Crippen molar-refractivity contribution in [2.24, 2.45) is 7.05 Å². The van der Waals surface area contributed by atoms with Crippen molar-refractivity contribution in [3.05, 3.63) is 40.2 Å². The predicted molar refractivity (Wildman–Crippen MR) is 114 cm³/mol. The van der Waals surface area contributed by atoms with Gasteiger partial charge in [0, 0.05) is 18.8 Å². The highest BCUT2D eigenvalue weighted by Crippen LogP contribution is 2.39. The summed E-state index contributed by atoms with van der Waals surface area (Å²) in [5, 5.41) is 0.624. The summed E-state index contributed by atoms with van der Waals surface area (Å²) in [4.78, 5) is 9.23. The van der Waals surface area contributed by atoms with E-state index in [4.69, 9.17) is 26.1 Å². The van der Waals surface area contributed by atoms with E-state index in [0.29, 0.717) is 35.1 Å². The molecule has 0 aliphatic carbocycles. The van der Waals surface area contributed by atoms with Crippen molar-refractivity contribution in [3.8, 4) is 17.5 Å². The second kappa shape index (κ2) is 8.39. The van der Waals surface area contributed by atoms with Gasteiger partial charge in [0.25, 0.3) is 0 Å². The Morgan fingerprint density at radius 3 is 2.46 bits per heavy atom. The Morgan fingerprint density at radius 1 is 1.11 bits per heavy atom. The van der Waals surface area contributed by atoms with Crippen LogP contribution in [0.4, 0.5) is 0 Å². The molecule has 150 valence electrons. The van der Waals surface area contributed by atoms with E-state index in [2.05, 4.69) is 24.9 Å². The lowest BCUT2D eigenvalue weighted by Crippen LogP contribution is -2.03. The van der Waals surface area contributed by atoms with E-state index in [1.54, 1.807) is 0 Å². The predicted octanol–water partition coefficient (Wildman–Crippen LogP) is 6.33. The summed E-state index contributed by atoms with van der Waals surface area (Å²) in [6.45, 7) is 10.8. The van der Waals surface area contributed by atoms with Gasteiger partial charge in [-0.1, -0.05) is 31.5 Å². The molecule has 0 amide bonds. The Kier molecular flexibility index (Phi) is 6.14. The number of pyridine rings is 1. The van der Waals surface area contributed by atoms with Crippen molar-refractivity contribution in [1.82, 2.24) is 14.5 Å². The summed E-state index contributed by atoms with van der Waals surface area (Å²) in [6, 6.07) is 6.40. The van der Waals surface area contributed by atoms with E-state index < -0.39 is 0 Å². The minimum Gasteiger partial charge on any atom is -0.490 e. The van der Waals surface area contributed by atoms with Crippen molar-refractivity contribution in [3.63, 3.8) is 0 Å². The van der Waals surface area contributed by atoms with Gasteiger partial charge in [-0.2, -0.15) is 4.98 Å². The molecule has 0 radical (unpaired) electrons. The second-order valence-corrected chi connectivity index (χ2v) is 7.42. The van der Waals surface area contributed by atoms with Crippen LogP contribution in [0.15, 0.2) is 18.2 Å². The number of fused-ring (bicyclic) bond motifs is 1. The average Bonchev–Trinajstić information content (AvgIpc) is 2.98. The van der Waals surface area contributed by atoms with Gasteiger partial charge in [0.1, 0.15) is 5.52 Å². The summed E-state index contributed by atoms with van der Waals surface area (Å²) in [5.41, 5.74) is 4.68. The number of benzene rings is 1. The molecule has 6 heteroatoms. The molecule has 3 rings (SSSR count). The van der Waals surface area contributed by atoms with Gasteiger partial charge in [-0.25, -0.2) is 0 Å². The highest BCUT2D eigenvalue weighted by atomic mass is 35.5. The summed E-state index contributed by atoms with van der Waals surface area (Å²) < 4.78 is 14.0. The number of hydrogen-bond acceptors (Lipinski definition) is 4. The molecule has 2 heterocycles. The number of aryl methyl sites for hydroxylation is 3. The minimum absolute atomic E-state index is 0.449. The topological polar surface area (TPSA) is 49.2 Å². The third-order valence-electron chi connectivity index (χ3n) is 5.12. The van der Waals surface area contributed by atoms with Gasteiger partial charge >= 0.3 is 6.01 Å². The molecule has 0 unspecified atom stereocenters. The number of rotatable bonds is 7. The standard InChI is InChI=1S/C22H28ClN3O2/c1-7-15(8-2)16-10-11-17(23)19-20(16)26(6)22(25-19)28-21-14(5)24-13(4)12-18(21)27-9-3/h10-12,15H,7-9H2,1-6H3. The molecule has 0 bridgehead atoms. The zero-order valence-corrected chi connectivity index (χ0v) is 18.2. The molecule has 28 heavy (non-hydrogen) atoms. The van der Waals surface area contributed by atoms with Crippen LogP contribution in [-0.2, 0) is 7.05 Å². The SMILES string of the molecule is CCOc1cc(C)nc(C)c1Oc1nc2c(Cl)ccc(C(CC)CC)c2n1C. The van der Waals surface area contributed by atoms with E-state index in [-0.39, 0.29) is 0 Å². The first-order valence-corrected chi connectivity index (χ1v) is 10.2. The van der Waals surface area contributed by atoms with Gasteiger partial charge in [-0.15, -0.1) is 0 Å². The third kappa shape index (κ3) is 3.68. The monoisotopic (exact) mass is 401 g/mol. The number of imidazole rings is 1. The fourth-order valence-electron chi connectivity index (χ4n) is 3.70. The van der Waals surface area contributed by atoms with Gasteiger partial charge in [0.15, 0.2) is 11.5 Å². The molecule has 0 aliphatic heterocycles. The van der Waals surface area contributed by atoms with Crippen LogP contribution in [0.1, 0.15) is 56.5 Å². The van der Waals surface area contributed by atoms with E-state index in [0.717, 1.165) is 35.3 Å². The Labute approximate surface area is 171 Å². The first kappa shape index (κ1) is 20.5. The minimum atomic E-state index is 0.449. The van der Waals surface area contributed by atoms with Gasteiger partial charge < -0.3 is 9.47 Å². The van der Waals surface area contributed by atoms with Gasteiger partial charge in [0.2, 0.25) is 0 Å². The molecule has 0 fully saturated rings. The van der Waals surface area contributed by atoms with Crippen molar-refractivity contribution >= 4 is 22.6 Å². The first-order chi connectivity index (χ1) is 13.4. The van der Waals surface area contributed by atoms with E-state index in [1.165, 1.54) is 5.56 Å². The molecule has 5 nitrogen and oxygen atoms in total. The van der Waals surface area contributed by atoms with Crippen molar-refractivity contribution in [1.29, 1.82) is 0 Å². The Hall–Kier alpha value is -2.27. The summed E-state index contributed by atoms with van der Waals surface area (Å²) in [5.74, 6) is 1.71. The average molecular weight is 402 g/mol. The van der Waals surface area contributed by atoms with Crippen molar-refractivity contribution in [2.75, 3.05) is 6.61 Å². The number of nitrogens with zero attached hydrogens (tertiary/aromatic N) is 3. The summed E-state index contributed by atoms with van der Waals surface area (Å²) in [7, 11) is 1.96. The quantitative estimate of drug-likeness (QED) is 0.463. The largest absolute Gasteiger partial charge is 0.490 e. The zero-order chi connectivity index (χ0) is 20.4. The maximum atomic E-state index is 6.47. The van der Waals surface area contributed by atoms with Crippen molar-refractivity contribution < 1.29 is 9.47 Å². The van der Waals surface area contributed by atoms with Gasteiger partial charge in [0.05, 0.1) is 22.8 Å². The molecule has 1 aromatic carbocycles. The molecule has 0 aliphatic rings. The van der Waals surface area contributed by atoms with Gasteiger partial charge in [-0.3, -0.25) is 9.55 Å². The molecule has 0 spiro atoms. The third-order valence-corrected chi connectivity index (χ3v) is 5.42. The van der Waals surface area contributed by atoms with E-state index in [1.807, 2.05) is 44.5 Å². The second-order valence-electron chi connectivity index (χ2n) is 7.01. The maximum absolute atomic E-state index is 6.47. The smallest absolute Gasteiger partial charge is 0.302 e. The van der Waals surface area contributed by atoms with Crippen LogP contribution in [0.2, 0.25) is 5.02 Å². The normalized spacial score (nSPS) is 11.4. The first-order valence-electron chi connectivity index (χ1n) is 9.84. The molecule has 0 N–H and O–H groups in total. The highest BCUT2D eigenvalue weighted by Gasteiger charge is 2.21. The van der Waals surface area contributed by atoms with E-state index >= 15 is 0 Å².